The van der Waals surface area contributed by atoms with Crippen LogP contribution in [0.15, 0.2) is 18.2 Å². The molecule has 84 valence electrons. The van der Waals surface area contributed by atoms with Gasteiger partial charge in [-0.05, 0) is 31.7 Å². The Morgan fingerprint density at radius 3 is 2.33 bits per heavy atom. The first-order valence-electron chi connectivity index (χ1n) is 4.26. The van der Waals surface area contributed by atoms with E-state index in [-0.39, 0.29) is 0 Å². The fraction of sp³-hybridized carbons (Fsp3) is 0.333. The van der Waals surface area contributed by atoms with E-state index in [1.54, 1.807) is 25.1 Å². The molecule has 6 heteroatoms. The second kappa shape index (κ2) is 4.70. The lowest BCUT2D eigenvalue weighted by Crippen LogP contribution is -2.24. The number of halogens is 2. The van der Waals surface area contributed by atoms with Gasteiger partial charge in [-0.25, -0.2) is 13.1 Å². The summed E-state index contributed by atoms with van der Waals surface area (Å²) in [5, 5.41) is 0.110. The lowest BCUT2D eigenvalue weighted by atomic mass is 10.2. The highest BCUT2D eigenvalue weighted by Crippen LogP contribution is 2.28. The molecular formula is C9H11Cl2NO2S. The normalized spacial score (nSPS) is 13.9. The zero-order valence-corrected chi connectivity index (χ0v) is 10.6. The van der Waals surface area contributed by atoms with Crippen LogP contribution in [-0.2, 0) is 10.0 Å². The van der Waals surface area contributed by atoms with E-state index in [1.165, 1.54) is 7.05 Å². The molecule has 1 unspecified atom stereocenters. The zero-order valence-electron chi connectivity index (χ0n) is 8.29. The van der Waals surface area contributed by atoms with Crippen LogP contribution < -0.4 is 4.72 Å². The van der Waals surface area contributed by atoms with Gasteiger partial charge in [-0.2, -0.15) is 0 Å². The van der Waals surface area contributed by atoms with E-state index in [0.717, 1.165) is 0 Å². The van der Waals surface area contributed by atoms with Crippen LogP contribution in [0.2, 0.25) is 10.0 Å². The first kappa shape index (κ1) is 12.8. The molecule has 0 heterocycles. The van der Waals surface area contributed by atoms with Gasteiger partial charge >= 0.3 is 0 Å². The van der Waals surface area contributed by atoms with Crippen molar-refractivity contribution in [1.29, 1.82) is 0 Å². The predicted molar refractivity (Wildman–Crippen MR) is 62.9 cm³/mol. The zero-order chi connectivity index (χ0) is 11.6. The van der Waals surface area contributed by atoms with Crippen LogP contribution >= 0.6 is 23.2 Å². The summed E-state index contributed by atoms with van der Waals surface area (Å²) in [6.07, 6.45) is 0. The van der Waals surface area contributed by atoms with E-state index in [2.05, 4.69) is 4.72 Å². The lowest BCUT2D eigenvalue weighted by molar-refractivity contribution is 0.578. The van der Waals surface area contributed by atoms with E-state index in [4.69, 9.17) is 23.2 Å². The van der Waals surface area contributed by atoms with Crippen LogP contribution in [0.25, 0.3) is 0 Å². The Kier molecular flexibility index (Phi) is 4.00. The van der Waals surface area contributed by atoms with E-state index < -0.39 is 15.3 Å². The molecule has 1 aromatic rings. The smallest absolute Gasteiger partial charge is 0.218 e. The van der Waals surface area contributed by atoms with Crippen LogP contribution in [0.4, 0.5) is 0 Å². The largest absolute Gasteiger partial charge is 0.218 e. The first-order chi connectivity index (χ1) is 6.88. The molecule has 3 nitrogen and oxygen atoms in total. The second-order valence-corrected chi connectivity index (χ2v) is 6.08. The molecule has 0 bridgehead atoms. The number of sulfonamides is 1. The number of hydrogen-bond donors (Lipinski definition) is 1. The molecule has 0 aromatic heterocycles. The molecule has 0 spiro atoms. The quantitative estimate of drug-likeness (QED) is 0.915. The van der Waals surface area contributed by atoms with Crippen LogP contribution in [0.3, 0.4) is 0 Å². The number of nitrogens with one attached hydrogen (secondary N) is 1. The Balaban J connectivity index is 3.13. The monoisotopic (exact) mass is 267 g/mol. The summed E-state index contributed by atoms with van der Waals surface area (Å²) in [5.74, 6) is 0. The van der Waals surface area contributed by atoms with Gasteiger partial charge in [0, 0.05) is 0 Å². The molecule has 0 amide bonds. The summed E-state index contributed by atoms with van der Waals surface area (Å²) in [7, 11) is -1.95. The van der Waals surface area contributed by atoms with Crippen molar-refractivity contribution < 1.29 is 8.42 Å². The Morgan fingerprint density at radius 1 is 1.27 bits per heavy atom. The molecule has 0 aliphatic carbocycles. The highest BCUT2D eigenvalue weighted by molar-refractivity contribution is 7.89. The second-order valence-electron chi connectivity index (χ2n) is 3.06. The summed E-state index contributed by atoms with van der Waals surface area (Å²) in [5.41, 5.74) is 0.610. The Morgan fingerprint density at radius 2 is 1.87 bits per heavy atom. The third-order valence-electron chi connectivity index (χ3n) is 2.16. The van der Waals surface area contributed by atoms with Gasteiger partial charge in [-0.1, -0.05) is 29.3 Å². The van der Waals surface area contributed by atoms with Crippen LogP contribution in [-0.4, -0.2) is 15.5 Å². The van der Waals surface area contributed by atoms with Crippen molar-refractivity contribution in [2.75, 3.05) is 7.05 Å². The van der Waals surface area contributed by atoms with Gasteiger partial charge in [0.1, 0.15) is 0 Å². The minimum absolute atomic E-state index is 0.354. The highest BCUT2D eigenvalue weighted by atomic mass is 35.5. The van der Waals surface area contributed by atoms with E-state index in [9.17, 15) is 8.42 Å². The molecule has 0 radical (unpaired) electrons. The van der Waals surface area contributed by atoms with E-state index in [0.29, 0.717) is 15.6 Å². The minimum atomic E-state index is -3.33. The van der Waals surface area contributed by atoms with Crippen molar-refractivity contribution in [3.8, 4) is 0 Å². The van der Waals surface area contributed by atoms with Gasteiger partial charge in [0.2, 0.25) is 10.0 Å². The molecule has 1 aromatic carbocycles. The Labute approximate surface area is 99.4 Å². The van der Waals surface area contributed by atoms with Crippen LogP contribution in [0, 0.1) is 0 Å². The van der Waals surface area contributed by atoms with Gasteiger partial charge in [-0.3, -0.25) is 0 Å². The summed E-state index contributed by atoms with van der Waals surface area (Å²) in [6.45, 7) is 1.59. The van der Waals surface area contributed by atoms with E-state index in [1.807, 2.05) is 0 Å². The molecule has 0 aliphatic heterocycles. The van der Waals surface area contributed by atoms with Crippen LogP contribution in [0.1, 0.15) is 17.7 Å². The van der Waals surface area contributed by atoms with Gasteiger partial charge in [0.15, 0.2) is 0 Å². The standard InChI is InChI=1S/C9H11Cl2NO2S/c1-6(15(13,14)12-2)7-3-4-8(10)9(11)5-7/h3-6,12H,1-2H3. The topological polar surface area (TPSA) is 46.2 Å². The molecule has 1 rings (SSSR count). The van der Waals surface area contributed by atoms with Gasteiger partial charge < -0.3 is 0 Å². The number of hydrogen-bond acceptors (Lipinski definition) is 2. The molecule has 0 saturated carbocycles. The number of rotatable bonds is 3. The Bertz CT molecular complexity index is 459. The average molecular weight is 268 g/mol. The SMILES string of the molecule is CNS(=O)(=O)C(C)c1ccc(Cl)c(Cl)c1. The molecule has 0 fully saturated rings. The summed E-state index contributed by atoms with van der Waals surface area (Å²) >= 11 is 11.5. The van der Waals surface area contributed by atoms with Crippen LogP contribution in [0.5, 0.6) is 0 Å². The van der Waals surface area contributed by atoms with Crippen molar-refractivity contribution in [1.82, 2.24) is 4.72 Å². The molecule has 1 atom stereocenters. The van der Waals surface area contributed by atoms with Crippen molar-refractivity contribution in [2.45, 2.75) is 12.2 Å². The molecule has 1 N–H and O–H groups in total. The Hall–Kier alpha value is -0.290. The maximum Gasteiger partial charge on any atom is 0.218 e. The third-order valence-corrected chi connectivity index (χ3v) is 4.67. The van der Waals surface area contributed by atoms with Crippen molar-refractivity contribution in [3.63, 3.8) is 0 Å². The molecule has 0 aliphatic rings. The predicted octanol–water partition coefficient (Wildman–Crippen LogP) is 2.60. The van der Waals surface area contributed by atoms with Crippen molar-refractivity contribution >= 4 is 33.2 Å². The van der Waals surface area contributed by atoms with E-state index >= 15 is 0 Å². The molecule has 0 saturated heterocycles. The fourth-order valence-corrected chi connectivity index (χ4v) is 2.29. The fourth-order valence-electron chi connectivity index (χ4n) is 1.12. The van der Waals surface area contributed by atoms with Crippen molar-refractivity contribution in [2.24, 2.45) is 0 Å². The van der Waals surface area contributed by atoms with Gasteiger partial charge in [0.25, 0.3) is 0 Å². The van der Waals surface area contributed by atoms with Crippen molar-refractivity contribution in [3.05, 3.63) is 33.8 Å². The number of benzene rings is 1. The summed E-state index contributed by atoms with van der Waals surface area (Å²) in [4.78, 5) is 0. The average Bonchev–Trinajstić information content (AvgIpc) is 2.21. The molecule has 15 heavy (non-hydrogen) atoms. The first-order valence-corrected chi connectivity index (χ1v) is 6.56. The maximum absolute atomic E-state index is 11.5. The van der Waals surface area contributed by atoms with Gasteiger partial charge in [0.05, 0.1) is 15.3 Å². The van der Waals surface area contributed by atoms with Gasteiger partial charge in [-0.15, -0.1) is 0 Å². The molecular weight excluding hydrogens is 257 g/mol. The lowest BCUT2D eigenvalue weighted by Gasteiger charge is -2.12. The summed E-state index contributed by atoms with van der Waals surface area (Å²) < 4.78 is 25.3. The minimum Gasteiger partial charge on any atom is -0.218 e. The summed E-state index contributed by atoms with van der Waals surface area (Å²) in [6, 6.07) is 4.79. The maximum atomic E-state index is 11.5. The third kappa shape index (κ3) is 2.84. The highest BCUT2D eigenvalue weighted by Gasteiger charge is 2.20.